The lowest BCUT2D eigenvalue weighted by atomic mass is 10.1. The number of aryl methyl sites for hydroxylation is 2. The van der Waals surface area contributed by atoms with Crippen molar-refractivity contribution in [2.45, 2.75) is 26.8 Å². The van der Waals surface area contributed by atoms with Gasteiger partial charge in [-0.3, -0.25) is 4.79 Å². The number of amides is 1. The van der Waals surface area contributed by atoms with Crippen LogP contribution in [0.25, 0.3) is 5.65 Å². The summed E-state index contributed by atoms with van der Waals surface area (Å²) in [5.41, 5.74) is 3.03. The minimum atomic E-state index is -0.454. The second-order valence-corrected chi connectivity index (χ2v) is 5.55. The number of aromatic nitrogens is 3. The molecule has 0 bridgehead atoms. The number of nitrogens with one attached hydrogen (secondary N) is 1. The van der Waals surface area contributed by atoms with Gasteiger partial charge in [0.1, 0.15) is 11.4 Å². The number of hydrogen-bond acceptors (Lipinski definition) is 3. The number of rotatable bonds is 3. The fourth-order valence-corrected chi connectivity index (χ4v) is 2.61. The van der Waals surface area contributed by atoms with E-state index in [0.717, 1.165) is 11.4 Å². The molecule has 118 valence electrons. The molecule has 1 amide bonds. The van der Waals surface area contributed by atoms with Crippen molar-refractivity contribution < 1.29 is 9.18 Å². The van der Waals surface area contributed by atoms with Gasteiger partial charge in [0.05, 0.1) is 12.2 Å². The van der Waals surface area contributed by atoms with E-state index < -0.39 is 6.04 Å². The number of nitrogens with zero attached hydrogens (tertiary/aromatic N) is 3. The summed E-state index contributed by atoms with van der Waals surface area (Å²) in [6.45, 7) is 5.51. The Morgan fingerprint density at radius 1 is 1.30 bits per heavy atom. The third kappa shape index (κ3) is 2.79. The molecule has 6 heteroatoms. The molecule has 0 radical (unpaired) electrons. The van der Waals surface area contributed by atoms with Crippen LogP contribution in [0, 0.1) is 19.7 Å². The lowest BCUT2D eigenvalue weighted by Gasteiger charge is -2.14. The molecule has 1 aromatic carbocycles. The van der Waals surface area contributed by atoms with Crippen LogP contribution in [0.2, 0.25) is 0 Å². The molecule has 3 rings (SSSR count). The van der Waals surface area contributed by atoms with Crippen molar-refractivity contribution in [1.82, 2.24) is 19.9 Å². The zero-order chi connectivity index (χ0) is 16.6. The van der Waals surface area contributed by atoms with Gasteiger partial charge in [-0.05, 0) is 32.9 Å². The zero-order valence-electron chi connectivity index (χ0n) is 13.2. The van der Waals surface area contributed by atoms with Gasteiger partial charge in [0.15, 0.2) is 5.65 Å². The van der Waals surface area contributed by atoms with Crippen LogP contribution in [0.5, 0.6) is 0 Å². The standard InChI is InChI=1S/C17H17FN4O/c1-10-8-11(2)22-16(20-10)14(9-19-22)17(23)21-12(3)13-6-4-5-7-15(13)18/h4-9,12H,1-3H3,(H,21,23)/t12-/m0/s1. The molecule has 0 saturated carbocycles. The van der Waals surface area contributed by atoms with Gasteiger partial charge in [0.2, 0.25) is 0 Å². The van der Waals surface area contributed by atoms with Gasteiger partial charge >= 0.3 is 0 Å². The predicted octanol–water partition coefficient (Wildman–Crippen LogP) is 2.98. The summed E-state index contributed by atoms with van der Waals surface area (Å²) in [6, 6.07) is 7.83. The first-order valence-corrected chi connectivity index (χ1v) is 7.34. The normalized spacial score (nSPS) is 12.3. The third-order valence-corrected chi connectivity index (χ3v) is 3.74. The number of carbonyl (C=O) groups is 1. The first kappa shape index (κ1) is 15.1. The highest BCUT2D eigenvalue weighted by Gasteiger charge is 2.19. The van der Waals surface area contributed by atoms with Gasteiger partial charge in [0.25, 0.3) is 5.91 Å². The average molecular weight is 312 g/mol. The Bertz CT molecular complexity index is 887. The van der Waals surface area contributed by atoms with E-state index in [1.165, 1.54) is 12.3 Å². The number of halogens is 1. The summed E-state index contributed by atoms with van der Waals surface area (Å²) < 4.78 is 15.4. The maximum atomic E-state index is 13.8. The minimum absolute atomic E-state index is 0.326. The summed E-state index contributed by atoms with van der Waals surface area (Å²) in [7, 11) is 0. The van der Waals surface area contributed by atoms with Crippen molar-refractivity contribution in [1.29, 1.82) is 0 Å². The molecule has 0 saturated heterocycles. The lowest BCUT2D eigenvalue weighted by molar-refractivity contribution is 0.0941. The van der Waals surface area contributed by atoms with Crippen molar-refractivity contribution in [2.24, 2.45) is 0 Å². The smallest absolute Gasteiger partial charge is 0.257 e. The van der Waals surface area contributed by atoms with Crippen LogP contribution in [-0.4, -0.2) is 20.5 Å². The molecule has 0 aliphatic heterocycles. The Morgan fingerprint density at radius 3 is 2.78 bits per heavy atom. The lowest BCUT2D eigenvalue weighted by Crippen LogP contribution is -2.27. The second kappa shape index (κ2) is 5.79. The van der Waals surface area contributed by atoms with Crippen molar-refractivity contribution in [3.8, 4) is 0 Å². The van der Waals surface area contributed by atoms with Crippen molar-refractivity contribution in [3.63, 3.8) is 0 Å². The molecular weight excluding hydrogens is 295 g/mol. The molecule has 5 nitrogen and oxygen atoms in total. The van der Waals surface area contributed by atoms with Gasteiger partial charge in [-0.2, -0.15) is 5.10 Å². The highest BCUT2D eigenvalue weighted by atomic mass is 19.1. The quantitative estimate of drug-likeness (QED) is 0.809. The fraction of sp³-hybridized carbons (Fsp3) is 0.235. The topological polar surface area (TPSA) is 59.3 Å². The van der Waals surface area contributed by atoms with E-state index in [1.807, 2.05) is 19.9 Å². The predicted molar refractivity (Wildman–Crippen MR) is 84.7 cm³/mol. The number of benzene rings is 1. The Kier molecular flexibility index (Phi) is 3.82. The maximum absolute atomic E-state index is 13.8. The van der Waals surface area contributed by atoms with E-state index in [0.29, 0.717) is 16.8 Å². The molecule has 2 heterocycles. The minimum Gasteiger partial charge on any atom is -0.345 e. The molecule has 0 unspecified atom stereocenters. The summed E-state index contributed by atoms with van der Waals surface area (Å²) in [5, 5.41) is 7.00. The van der Waals surface area contributed by atoms with Crippen LogP contribution in [0.3, 0.4) is 0 Å². The number of fused-ring (bicyclic) bond motifs is 1. The van der Waals surface area contributed by atoms with E-state index in [-0.39, 0.29) is 11.7 Å². The molecule has 3 aromatic rings. The van der Waals surface area contributed by atoms with E-state index in [1.54, 1.807) is 29.6 Å². The summed E-state index contributed by atoms with van der Waals surface area (Å²) in [4.78, 5) is 16.9. The van der Waals surface area contributed by atoms with Gasteiger partial charge in [0, 0.05) is 17.0 Å². The Labute approximate surface area is 133 Å². The monoisotopic (exact) mass is 312 g/mol. The van der Waals surface area contributed by atoms with E-state index in [9.17, 15) is 9.18 Å². The number of hydrogen-bond donors (Lipinski definition) is 1. The van der Waals surface area contributed by atoms with Gasteiger partial charge in [-0.25, -0.2) is 13.9 Å². The molecule has 23 heavy (non-hydrogen) atoms. The van der Waals surface area contributed by atoms with Crippen LogP contribution in [0.4, 0.5) is 4.39 Å². The molecule has 2 aromatic heterocycles. The summed E-state index contributed by atoms with van der Waals surface area (Å²) in [5.74, 6) is -0.668. The first-order valence-electron chi connectivity index (χ1n) is 7.34. The van der Waals surface area contributed by atoms with Crippen LogP contribution in [0.15, 0.2) is 36.5 Å². The van der Waals surface area contributed by atoms with Crippen LogP contribution >= 0.6 is 0 Å². The van der Waals surface area contributed by atoms with Gasteiger partial charge < -0.3 is 5.32 Å². The molecule has 0 spiro atoms. The SMILES string of the molecule is Cc1cc(C)n2ncc(C(=O)N[C@@H](C)c3ccccc3F)c2n1. The maximum Gasteiger partial charge on any atom is 0.257 e. The molecular formula is C17H17FN4O. The highest BCUT2D eigenvalue weighted by Crippen LogP contribution is 2.18. The van der Waals surface area contributed by atoms with E-state index in [2.05, 4.69) is 15.4 Å². The number of carbonyl (C=O) groups excluding carboxylic acids is 1. The average Bonchev–Trinajstić information content (AvgIpc) is 2.91. The second-order valence-electron chi connectivity index (χ2n) is 5.55. The summed E-state index contributed by atoms with van der Waals surface area (Å²) in [6.07, 6.45) is 1.48. The van der Waals surface area contributed by atoms with Crippen molar-refractivity contribution >= 4 is 11.6 Å². The molecule has 1 atom stereocenters. The van der Waals surface area contributed by atoms with Crippen LogP contribution < -0.4 is 5.32 Å². The largest absolute Gasteiger partial charge is 0.345 e. The Morgan fingerprint density at radius 2 is 2.04 bits per heavy atom. The Hall–Kier alpha value is -2.76. The zero-order valence-corrected chi connectivity index (χ0v) is 13.2. The van der Waals surface area contributed by atoms with Crippen molar-refractivity contribution in [3.05, 3.63) is 64.9 Å². The molecule has 1 N–H and O–H groups in total. The van der Waals surface area contributed by atoms with Crippen LogP contribution in [-0.2, 0) is 0 Å². The van der Waals surface area contributed by atoms with Crippen molar-refractivity contribution in [2.75, 3.05) is 0 Å². The summed E-state index contributed by atoms with van der Waals surface area (Å²) >= 11 is 0. The van der Waals surface area contributed by atoms with Crippen LogP contribution in [0.1, 0.15) is 40.3 Å². The molecule has 0 aliphatic carbocycles. The molecule has 0 aliphatic rings. The Balaban J connectivity index is 1.91. The highest BCUT2D eigenvalue weighted by molar-refractivity contribution is 5.99. The molecule has 0 fully saturated rings. The van der Waals surface area contributed by atoms with E-state index >= 15 is 0 Å². The van der Waals surface area contributed by atoms with E-state index in [4.69, 9.17) is 0 Å². The third-order valence-electron chi connectivity index (χ3n) is 3.74. The fourth-order valence-electron chi connectivity index (χ4n) is 2.61. The van der Waals surface area contributed by atoms with Gasteiger partial charge in [-0.1, -0.05) is 18.2 Å². The first-order chi connectivity index (χ1) is 11.0. The van der Waals surface area contributed by atoms with Gasteiger partial charge in [-0.15, -0.1) is 0 Å².